The number of para-hydroxylation sites is 1. The summed E-state index contributed by atoms with van der Waals surface area (Å²) in [5.41, 5.74) is 3.84. The molecule has 0 saturated heterocycles. The molecule has 36 heavy (non-hydrogen) atoms. The summed E-state index contributed by atoms with van der Waals surface area (Å²) >= 11 is 0. The van der Waals surface area contributed by atoms with Crippen molar-refractivity contribution in [2.45, 2.75) is 0 Å². The average molecular weight is 476 g/mol. The number of rotatable bonds is 5. The highest BCUT2D eigenvalue weighted by atomic mass is 16.7. The van der Waals surface area contributed by atoms with Crippen molar-refractivity contribution in [3.63, 3.8) is 0 Å². The fraction of sp³-hybridized carbons (Fsp3) is 0.0345. The molecular weight excluding hydrogens is 456 g/mol. The minimum atomic E-state index is -0.500. The second-order valence-electron chi connectivity index (χ2n) is 8.22. The van der Waals surface area contributed by atoms with Gasteiger partial charge in [0.25, 0.3) is 11.8 Å². The maximum atomic E-state index is 13.2. The Balaban J connectivity index is 1.28. The third-order valence-electron chi connectivity index (χ3n) is 5.92. The second kappa shape index (κ2) is 8.96. The molecule has 0 radical (unpaired) electrons. The number of nitrogens with one attached hydrogen (secondary N) is 2. The second-order valence-corrected chi connectivity index (χ2v) is 8.22. The van der Waals surface area contributed by atoms with E-state index in [-0.39, 0.29) is 18.5 Å². The molecule has 4 aromatic carbocycles. The van der Waals surface area contributed by atoms with E-state index in [4.69, 9.17) is 13.9 Å². The van der Waals surface area contributed by atoms with Crippen molar-refractivity contribution in [3.05, 3.63) is 108 Å². The highest BCUT2D eigenvalue weighted by Gasteiger charge is 2.24. The van der Waals surface area contributed by atoms with Gasteiger partial charge >= 0.3 is 0 Å². The van der Waals surface area contributed by atoms with Gasteiger partial charge in [-0.2, -0.15) is 0 Å². The largest absolute Gasteiger partial charge is 0.454 e. The summed E-state index contributed by atoms with van der Waals surface area (Å²) in [6.07, 6.45) is 0. The summed E-state index contributed by atoms with van der Waals surface area (Å²) in [6.45, 7) is 0.138. The van der Waals surface area contributed by atoms with Crippen molar-refractivity contribution in [1.82, 2.24) is 0 Å². The van der Waals surface area contributed by atoms with E-state index in [9.17, 15) is 9.59 Å². The number of benzene rings is 4. The number of ether oxygens (including phenoxy) is 2. The predicted molar refractivity (Wildman–Crippen MR) is 137 cm³/mol. The Hall–Kier alpha value is -5.04. The van der Waals surface area contributed by atoms with Crippen molar-refractivity contribution in [2.75, 3.05) is 17.4 Å². The van der Waals surface area contributed by atoms with E-state index in [1.807, 2.05) is 48.5 Å². The number of fused-ring (bicyclic) bond motifs is 2. The zero-order valence-corrected chi connectivity index (χ0v) is 19.0. The van der Waals surface area contributed by atoms with Crippen LogP contribution in [0.3, 0.4) is 0 Å². The number of furan rings is 1. The molecular formula is C29H20N2O5. The lowest BCUT2D eigenvalue weighted by Crippen LogP contribution is -2.17. The normalized spacial score (nSPS) is 11.9. The molecule has 2 N–H and O–H groups in total. The molecule has 2 heterocycles. The minimum absolute atomic E-state index is 0.00289. The molecule has 7 heteroatoms. The third-order valence-corrected chi connectivity index (χ3v) is 5.92. The topological polar surface area (TPSA) is 89.8 Å². The van der Waals surface area contributed by atoms with Crippen LogP contribution < -0.4 is 20.1 Å². The molecule has 0 bridgehead atoms. The average Bonchev–Trinajstić information content (AvgIpc) is 3.54. The molecule has 0 atom stereocenters. The summed E-state index contributed by atoms with van der Waals surface area (Å²) in [4.78, 5) is 26.3. The zero-order chi connectivity index (χ0) is 24.5. The predicted octanol–water partition coefficient (Wildman–Crippen LogP) is 6.33. The van der Waals surface area contributed by atoms with E-state index in [1.165, 1.54) is 0 Å². The van der Waals surface area contributed by atoms with E-state index < -0.39 is 5.91 Å². The van der Waals surface area contributed by atoms with Crippen LogP contribution >= 0.6 is 0 Å². The number of anilines is 2. The number of carbonyl (C=O) groups excluding carboxylic acids is 2. The van der Waals surface area contributed by atoms with Crippen molar-refractivity contribution >= 4 is 34.2 Å². The maximum absolute atomic E-state index is 13.2. The van der Waals surface area contributed by atoms with Gasteiger partial charge < -0.3 is 24.5 Å². The number of hydrogen-bond acceptors (Lipinski definition) is 5. The summed E-state index contributed by atoms with van der Waals surface area (Å²) in [5, 5.41) is 6.32. The molecule has 1 aliphatic heterocycles. The lowest BCUT2D eigenvalue weighted by atomic mass is 10.0. The monoisotopic (exact) mass is 476 g/mol. The van der Waals surface area contributed by atoms with Crippen LogP contribution in [0.25, 0.3) is 22.1 Å². The van der Waals surface area contributed by atoms with Crippen molar-refractivity contribution in [1.29, 1.82) is 0 Å². The van der Waals surface area contributed by atoms with Gasteiger partial charge in [0.05, 0.1) is 0 Å². The standard InChI is InChI=1S/C29H20N2O5/c32-28(20-12-10-19(11-13-20)18-6-2-1-3-7-18)31-26-22-8-4-5-9-23(22)36-27(26)29(33)30-21-14-15-24-25(16-21)35-17-34-24/h1-16H,17H2,(H,30,33)(H,31,32). The molecule has 0 spiro atoms. The van der Waals surface area contributed by atoms with E-state index >= 15 is 0 Å². The van der Waals surface area contributed by atoms with Crippen LogP contribution in [-0.4, -0.2) is 18.6 Å². The van der Waals surface area contributed by atoms with Gasteiger partial charge in [0, 0.05) is 22.7 Å². The lowest BCUT2D eigenvalue weighted by Gasteiger charge is -2.09. The molecule has 1 aliphatic rings. The van der Waals surface area contributed by atoms with Gasteiger partial charge in [-0.1, -0.05) is 54.6 Å². The van der Waals surface area contributed by atoms with Gasteiger partial charge in [-0.05, 0) is 47.5 Å². The van der Waals surface area contributed by atoms with Crippen LogP contribution in [0.15, 0.2) is 101 Å². The van der Waals surface area contributed by atoms with Gasteiger partial charge in [0.1, 0.15) is 11.3 Å². The SMILES string of the molecule is O=C(Nc1c(C(=O)Nc2ccc3c(c2)OCO3)oc2ccccc12)c1ccc(-c2ccccc2)cc1. The lowest BCUT2D eigenvalue weighted by molar-refractivity contribution is 0.0999. The smallest absolute Gasteiger partial charge is 0.293 e. The molecule has 1 aromatic heterocycles. The Morgan fingerprint density at radius 2 is 1.39 bits per heavy atom. The van der Waals surface area contributed by atoms with E-state index in [1.54, 1.807) is 48.5 Å². The molecule has 0 fully saturated rings. The van der Waals surface area contributed by atoms with Crippen LogP contribution in [0.5, 0.6) is 11.5 Å². The molecule has 2 amide bonds. The molecule has 6 rings (SSSR count). The van der Waals surface area contributed by atoms with E-state index in [0.29, 0.717) is 39.4 Å². The molecule has 176 valence electrons. The van der Waals surface area contributed by atoms with Gasteiger partial charge in [-0.25, -0.2) is 0 Å². The summed E-state index contributed by atoms with van der Waals surface area (Å²) in [7, 11) is 0. The minimum Gasteiger partial charge on any atom is -0.454 e. The number of carbonyl (C=O) groups is 2. The quantitative estimate of drug-likeness (QED) is 0.309. The molecule has 5 aromatic rings. The fourth-order valence-electron chi connectivity index (χ4n) is 4.12. The highest BCUT2D eigenvalue weighted by molar-refractivity contribution is 6.17. The Labute approximate surface area is 206 Å². The van der Waals surface area contributed by atoms with Crippen molar-refractivity contribution in [2.24, 2.45) is 0 Å². The van der Waals surface area contributed by atoms with Gasteiger partial charge in [-0.3, -0.25) is 9.59 Å². The zero-order valence-electron chi connectivity index (χ0n) is 19.0. The Bertz CT molecular complexity index is 1590. The van der Waals surface area contributed by atoms with Crippen molar-refractivity contribution in [3.8, 4) is 22.6 Å². The van der Waals surface area contributed by atoms with E-state index in [0.717, 1.165) is 11.1 Å². The van der Waals surface area contributed by atoms with Crippen LogP contribution in [0.1, 0.15) is 20.9 Å². The first-order chi connectivity index (χ1) is 17.7. The summed E-state index contributed by atoms with van der Waals surface area (Å²) < 4.78 is 16.6. The molecule has 0 saturated carbocycles. The Morgan fingerprint density at radius 3 is 2.22 bits per heavy atom. The number of amides is 2. The third kappa shape index (κ3) is 4.03. The molecule has 7 nitrogen and oxygen atoms in total. The van der Waals surface area contributed by atoms with Crippen molar-refractivity contribution < 1.29 is 23.5 Å². The highest BCUT2D eigenvalue weighted by Crippen LogP contribution is 2.36. The molecule has 0 aliphatic carbocycles. The van der Waals surface area contributed by atoms with Gasteiger partial charge in [-0.15, -0.1) is 0 Å². The fourth-order valence-corrected chi connectivity index (χ4v) is 4.12. The first-order valence-electron chi connectivity index (χ1n) is 11.3. The van der Waals surface area contributed by atoms with Gasteiger partial charge in [0.2, 0.25) is 12.6 Å². The van der Waals surface area contributed by atoms with Gasteiger partial charge in [0.15, 0.2) is 11.5 Å². The van der Waals surface area contributed by atoms with Crippen LogP contribution in [0.2, 0.25) is 0 Å². The first kappa shape index (κ1) is 21.5. The number of hydrogen-bond donors (Lipinski definition) is 2. The van der Waals surface area contributed by atoms with Crippen LogP contribution in [0.4, 0.5) is 11.4 Å². The summed E-state index contributed by atoms with van der Waals surface area (Å²) in [6, 6.07) is 29.5. The van der Waals surface area contributed by atoms with Crippen LogP contribution in [-0.2, 0) is 0 Å². The summed E-state index contributed by atoms with van der Waals surface area (Å²) in [5.74, 6) is 0.314. The van der Waals surface area contributed by atoms with E-state index in [2.05, 4.69) is 10.6 Å². The van der Waals surface area contributed by atoms with Crippen LogP contribution in [0, 0.1) is 0 Å². The Morgan fingerprint density at radius 1 is 0.667 bits per heavy atom. The first-order valence-corrected chi connectivity index (χ1v) is 11.3. The maximum Gasteiger partial charge on any atom is 0.293 e. The molecule has 0 unspecified atom stereocenters. The Kier molecular flexibility index (Phi) is 5.35.